The van der Waals surface area contributed by atoms with Gasteiger partial charge in [-0.1, -0.05) is 13.8 Å². The van der Waals surface area contributed by atoms with Crippen LogP contribution in [-0.2, 0) is 11.2 Å². The molecule has 1 amide bonds. The number of amides is 1. The summed E-state index contributed by atoms with van der Waals surface area (Å²) in [6.45, 7) is 6.78. The zero-order valence-corrected chi connectivity index (χ0v) is 13.5. The average Bonchev–Trinajstić information content (AvgIpc) is 2.80. The third-order valence-corrected chi connectivity index (χ3v) is 4.34. The molecule has 2 rings (SSSR count). The molecule has 0 bridgehead atoms. The Kier molecular flexibility index (Phi) is 5.44. The molecule has 112 valence electrons. The van der Waals surface area contributed by atoms with Gasteiger partial charge in [0.15, 0.2) is 0 Å². The van der Waals surface area contributed by atoms with Gasteiger partial charge in [-0.25, -0.2) is 4.98 Å². The molecule has 0 aliphatic rings. The molecular weight excluding hydrogens is 282 g/mol. The molecule has 4 nitrogen and oxygen atoms in total. The fraction of sp³-hybridized carbons (Fsp3) is 0.438. The quantitative estimate of drug-likeness (QED) is 0.891. The van der Waals surface area contributed by atoms with Gasteiger partial charge in [-0.05, 0) is 25.0 Å². The lowest BCUT2D eigenvalue weighted by Gasteiger charge is -2.06. The Labute approximate surface area is 129 Å². The number of hydrogen-bond donors (Lipinski definition) is 1. The zero-order valence-electron chi connectivity index (χ0n) is 12.7. The third kappa shape index (κ3) is 4.63. The molecule has 0 fully saturated rings. The van der Waals surface area contributed by atoms with Crippen molar-refractivity contribution in [2.75, 3.05) is 6.54 Å². The Hall–Kier alpha value is -1.75. The van der Waals surface area contributed by atoms with E-state index < -0.39 is 0 Å². The van der Waals surface area contributed by atoms with E-state index in [4.69, 9.17) is 0 Å². The number of nitrogens with one attached hydrogen (secondary N) is 1. The highest BCUT2D eigenvalue weighted by molar-refractivity contribution is 7.15. The molecule has 0 saturated heterocycles. The van der Waals surface area contributed by atoms with Crippen LogP contribution in [-0.4, -0.2) is 22.4 Å². The Balaban J connectivity index is 1.93. The molecule has 21 heavy (non-hydrogen) atoms. The predicted molar refractivity (Wildman–Crippen MR) is 86.3 cm³/mol. The standard InChI is InChI=1S/C16H21N3OS/c1-11(2)9-15(20)18-8-6-14-12(3)19-16(21-14)13-5-4-7-17-10-13/h4-5,7,10-11H,6,8-9H2,1-3H3,(H,18,20). The second-order valence-electron chi connectivity index (χ2n) is 5.47. The van der Waals surface area contributed by atoms with E-state index in [9.17, 15) is 4.79 Å². The summed E-state index contributed by atoms with van der Waals surface area (Å²) in [7, 11) is 0. The van der Waals surface area contributed by atoms with Gasteiger partial charge in [-0.2, -0.15) is 0 Å². The van der Waals surface area contributed by atoms with Gasteiger partial charge in [0.1, 0.15) is 5.01 Å². The minimum atomic E-state index is 0.125. The number of aromatic nitrogens is 2. The molecule has 0 aliphatic heterocycles. The van der Waals surface area contributed by atoms with E-state index in [2.05, 4.69) is 15.3 Å². The van der Waals surface area contributed by atoms with Crippen LogP contribution in [0.2, 0.25) is 0 Å². The highest BCUT2D eigenvalue weighted by Gasteiger charge is 2.10. The van der Waals surface area contributed by atoms with Crippen molar-refractivity contribution in [2.45, 2.75) is 33.6 Å². The van der Waals surface area contributed by atoms with E-state index in [1.54, 1.807) is 17.5 Å². The topological polar surface area (TPSA) is 54.9 Å². The molecule has 0 saturated carbocycles. The SMILES string of the molecule is Cc1nc(-c2cccnc2)sc1CCNC(=O)CC(C)C. The number of hydrogen-bond acceptors (Lipinski definition) is 4. The Morgan fingerprint density at radius 3 is 2.90 bits per heavy atom. The summed E-state index contributed by atoms with van der Waals surface area (Å²) in [5.41, 5.74) is 2.08. The molecule has 0 aromatic carbocycles. The van der Waals surface area contributed by atoms with Gasteiger partial charge >= 0.3 is 0 Å². The van der Waals surface area contributed by atoms with Crippen molar-refractivity contribution in [3.63, 3.8) is 0 Å². The van der Waals surface area contributed by atoms with Crippen molar-refractivity contribution in [2.24, 2.45) is 5.92 Å². The van der Waals surface area contributed by atoms with Gasteiger partial charge in [0.2, 0.25) is 5.91 Å². The minimum absolute atomic E-state index is 0.125. The maximum absolute atomic E-state index is 11.6. The maximum Gasteiger partial charge on any atom is 0.220 e. The molecule has 0 spiro atoms. The molecule has 2 heterocycles. The summed E-state index contributed by atoms with van der Waals surface area (Å²) < 4.78 is 0. The molecule has 0 unspecified atom stereocenters. The van der Waals surface area contributed by atoms with E-state index in [0.717, 1.165) is 22.7 Å². The Bertz CT molecular complexity index is 593. The van der Waals surface area contributed by atoms with E-state index >= 15 is 0 Å². The Morgan fingerprint density at radius 2 is 2.24 bits per heavy atom. The number of nitrogens with zero attached hydrogens (tertiary/aromatic N) is 2. The number of pyridine rings is 1. The largest absolute Gasteiger partial charge is 0.356 e. The fourth-order valence-corrected chi connectivity index (χ4v) is 3.08. The maximum atomic E-state index is 11.6. The third-order valence-electron chi connectivity index (χ3n) is 3.07. The summed E-state index contributed by atoms with van der Waals surface area (Å²) in [6, 6.07) is 3.93. The van der Waals surface area contributed by atoms with Crippen LogP contribution in [0.3, 0.4) is 0 Å². The van der Waals surface area contributed by atoms with Gasteiger partial charge < -0.3 is 5.32 Å². The number of aryl methyl sites for hydroxylation is 1. The highest BCUT2D eigenvalue weighted by atomic mass is 32.1. The van der Waals surface area contributed by atoms with Crippen LogP contribution in [0, 0.1) is 12.8 Å². The first kappa shape index (κ1) is 15.6. The van der Waals surface area contributed by atoms with E-state index in [1.807, 2.05) is 39.1 Å². The van der Waals surface area contributed by atoms with Crippen molar-refractivity contribution in [1.82, 2.24) is 15.3 Å². The van der Waals surface area contributed by atoms with Crippen LogP contribution in [0.5, 0.6) is 0 Å². The van der Waals surface area contributed by atoms with Crippen molar-refractivity contribution in [3.8, 4) is 10.6 Å². The number of thiazole rings is 1. The van der Waals surface area contributed by atoms with E-state index in [0.29, 0.717) is 18.9 Å². The first-order valence-corrected chi connectivity index (χ1v) is 8.01. The van der Waals surface area contributed by atoms with Crippen LogP contribution in [0.15, 0.2) is 24.5 Å². The van der Waals surface area contributed by atoms with Crippen molar-refractivity contribution < 1.29 is 4.79 Å². The number of rotatable bonds is 6. The minimum Gasteiger partial charge on any atom is -0.356 e. The van der Waals surface area contributed by atoms with Gasteiger partial charge in [0.25, 0.3) is 0 Å². The summed E-state index contributed by atoms with van der Waals surface area (Å²) in [4.78, 5) is 21.6. The van der Waals surface area contributed by atoms with Crippen molar-refractivity contribution in [1.29, 1.82) is 0 Å². The predicted octanol–water partition coefficient (Wildman–Crippen LogP) is 3.22. The lowest BCUT2D eigenvalue weighted by Crippen LogP contribution is -2.26. The molecule has 2 aromatic rings. The molecule has 0 aliphatic carbocycles. The van der Waals surface area contributed by atoms with Crippen LogP contribution < -0.4 is 5.32 Å². The second kappa shape index (κ2) is 7.31. The van der Waals surface area contributed by atoms with E-state index in [1.165, 1.54) is 4.88 Å². The summed E-state index contributed by atoms with van der Waals surface area (Å²) in [5.74, 6) is 0.520. The molecule has 0 radical (unpaired) electrons. The average molecular weight is 303 g/mol. The van der Waals surface area contributed by atoms with Crippen LogP contribution in [0.1, 0.15) is 30.8 Å². The summed E-state index contributed by atoms with van der Waals surface area (Å²) in [6.07, 6.45) is 5.00. The van der Waals surface area contributed by atoms with Crippen LogP contribution >= 0.6 is 11.3 Å². The first-order chi connectivity index (χ1) is 10.1. The van der Waals surface area contributed by atoms with Gasteiger partial charge in [-0.15, -0.1) is 11.3 Å². The fourth-order valence-electron chi connectivity index (χ4n) is 2.03. The van der Waals surface area contributed by atoms with E-state index in [-0.39, 0.29) is 5.91 Å². The number of carbonyl (C=O) groups excluding carboxylic acids is 1. The second-order valence-corrected chi connectivity index (χ2v) is 6.55. The molecule has 1 N–H and O–H groups in total. The lowest BCUT2D eigenvalue weighted by atomic mass is 10.1. The summed E-state index contributed by atoms with van der Waals surface area (Å²) >= 11 is 1.68. The summed E-state index contributed by atoms with van der Waals surface area (Å²) in [5, 5.41) is 3.96. The van der Waals surface area contributed by atoms with Crippen molar-refractivity contribution in [3.05, 3.63) is 35.1 Å². The molecule has 0 atom stereocenters. The normalized spacial score (nSPS) is 10.9. The Morgan fingerprint density at radius 1 is 1.43 bits per heavy atom. The molecular formula is C16H21N3OS. The van der Waals surface area contributed by atoms with Gasteiger partial charge in [0.05, 0.1) is 5.69 Å². The monoisotopic (exact) mass is 303 g/mol. The first-order valence-electron chi connectivity index (χ1n) is 7.19. The van der Waals surface area contributed by atoms with Crippen molar-refractivity contribution >= 4 is 17.2 Å². The molecule has 2 aromatic heterocycles. The van der Waals surface area contributed by atoms with Gasteiger partial charge in [-0.3, -0.25) is 9.78 Å². The van der Waals surface area contributed by atoms with Crippen LogP contribution in [0.4, 0.5) is 0 Å². The smallest absolute Gasteiger partial charge is 0.220 e. The van der Waals surface area contributed by atoms with Crippen LogP contribution in [0.25, 0.3) is 10.6 Å². The molecule has 5 heteroatoms. The highest BCUT2D eigenvalue weighted by Crippen LogP contribution is 2.27. The zero-order chi connectivity index (χ0) is 15.2. The lowest BCUT2D eigenvalue weighted by molar-refractivity contribution is -0.121. The van der Waals surface area contributed by atoms with Gasteiger partial charge in [0, 0.05) is 42.2 Å². The number of carbonyl (C=O) groups is 1.